The molecule has 2 aromatic rings. The first-order valence-corrected chi connectivity index (χ1v) is 7.34. The van der Waals surface area contributed by atoms with Crippen molar-refractivity contribution in [3.63, 3.8) is 0 Å². The highest BCUT2D eigenvalue weighted by molar-refractivity contribution is 7.17. The Morgan fingerprint density at radius 2 is 2.05 bits per heavy atom. The molecule has 110 valence electrons. The number of rotatable bonds is 6. The number of carboxylic acid groups (broad SMARTS) is 1. The standard InChI is InChI=1S/C15H16N2O3S/c1-9-5-3-4-6-11(9)7-8-16-15-17-12(14(19)20)13(21-15)10(2)18/h3-6H,7-8H2,1-2H3,(H,16,17)(H,19,20). The number of aromatic carboxylic acids is 1. The van der Waals surface area contributed by atoms with Crippen LogP contribution in [0.15, 0.2) is 24.3 Å². The van der Waals surface area contributed by atoms with Crippen LogP contribution in [0.4, 0.5) is 5.13 Å². The van der Waals surface area contributed by atoms with Crippen LogP contribution in [-0.2, 0) is 6.42 Å². The van der Waals surface area contributed by atoms with Gasteiger partial charge in [0.05, 0.1) is 0 Å². The van der Waals surface area contributed by atoms with Crippen molar-refractivity contribution in [2.45, 2.75) is 20.3 Å². The minimum atomic E-state index is -1.18. The summed E-state index contributed by atoms with van der Waals surface area (Å²) in [7, 11) is 0. The van der Waals surface area contributed by atoms with Crippen molar-refractivity contribution in [3.05, 3.63) is 46.0 Å². The highest BCUT2D eigenvalue weighted by Gasteiger charge is 2.20. The van der Waals surface area contributed by atoms with Gasteiger partial charge >= 0.3 is 5.97 Å². The fraction of sp³-hybridized carbons (Fsp3) is 0.267. The van der Waals surface area contributed by atoms with E-state index in [4.69, 9.17) is 5.11 Å². The van der Waals surface area contributed by atoms with Crippen LogP contribution in [0.1, 0.15) is 38.2 Å². The first kappa shape index (κ1) is 15.2. The van der Waals surface area contributed by atoms with E-state index in [1.54, 1.807) is 0 Å². The number of aromatic nitrogens is 1. The molecule has 5 nitrogen and oxygen atoms in total. The van der Waals surface area contributed by atoms with E-state index in [9.17, 15) is 9.59 Å². The van der Waals surface area contributed by atoms with Crippen LogP contribution >= 0.6 is 11.3 Å². The Bertz CT molecular complexity index is 648. The molecular weight excluding hydrogens is 288 g/mol. The molecule has 2 rings (SSSR count). The van der Waals surface area contributed by atoms with Crippen molar-refractivity contribution in [1.29, 1.82) is 0 Å². The summed E-state index contributed by atoms with van der Waals surface area (Å²) in [5.74, 6) is -1.46. The highest BCUT2D eigenvalue weighted by atomic mass is 32.1. The summed E-state index contributed by atoms with van der Waals surface area (Å²) in [6, 6.07) is 8.09. The molecular formula is C15H16N2O3S. The Kier molecular flexibility index (Phi) is 4.70. The topological polar surface area (TPSA) is 79.3 Å². The van der Waals surface area contributed by atoms with E-state index in [-0.39, 0.29) is 16.4 Å². The van der Waals surface area contributed by atoms with Gasteiger partial charge in [-0.3, -0.25) is 4.79 Å². The second kappa shape index (κ2) is 6.49. The molecule has 0 aliphatic carbocycles. The van der Waals surface area contributed by atoms with E-state index >= 15 is 0 Å². The van der Waals surface area contributed by atoms with Crippen LogP contribution in [0.25, 0.3) is 0 Å². The van der Waals surface area contributed by atoms with Crippen LogP contribution in [0.5, 0.6) is 0 Å². The number of nitrogens with zero attached hydrogens (tertiary/aromatic N) is 1. The number of ketones is 1. The summed E-state index contributed by atoms with van der Waals surface area (Å²) in [6.45, 7) is 4.03. The Balaban J connectivity index is 2.04. The smallest absolute Gasteiger partial charge is 0.356 e. The lowest BCUT2D eigenvalue weighted by Gasteiger charge is -2.05. The number of carbonyl (C=O) groups is 2. The summed E-state index contributed by atoms with van der Waals surface area (Å²) >= 11 is 1.08. The quantitative estimate of drug-likeness (QED) is 0.802. The van der Waals surface area contributed by atoms with Gasteiger partial charge < -0.3 is 10.4 Å². The maximum atomic E-state index is 11.4. The molecule has 0 unspecified atom stereocenters. The number of hydrogen-bond acceptors (Lipinski definition) is 5. The van der Waals surface area contributed by atoms with E-state index < -0.39 is 5.97 Å². The zero-order valence-corrected chi connectivity index (χ0v) is 12.7. The molecule has 0 aliphatic rings. The van der Waals surface area contributed by atoms with Crippen LogP contribution in [-0.4, -0.2) is 28.4 Å². The van der Waals surface area contributed by atoms with Gasteiger partial charge in [-0.1, -0.05) is 35.6 Å². The Morgan fingerprint density at radius 1 is 1.33 bits per heavy atom. The molecule has 21 heavy (non-hydrogen) atoms. The molecule has 0 saturated heterocycles. The molecule has 0 aliphatic heterocycles. The van der Waals surface area contributed by atoms with Gasteiger partial charge in [0.1, 0.15) is 4.88 Å². The third-order valence-corrected chi connectivity index (χ3v) is 4.20. The maximum Gasteiger partial charge on any atom is 0.356 e. The molecule has 2 N–H and O–H groups in total. The molecule has 0 bridgehead atoms. The largest absolute Gasteiger partial charge is 0.476 e. The van der Waals surface area contributed by atoms with Crippen LogP contribution < -0.4 is 5.32 Å². The summed E-state index contributed by atoms with van der Waals surface area (Å²) in [5.41, 5.74) is 2.27. The lowest BCUT2D eigenvalue weighted by Crippen LogP contribution is -2.06. The SMILES string of the molecule is CC(=O)c1sc(NCCc2ccccc2C)nc1C(=O)O. The minimum absolute atomic E-state index is 0.175. The van der Waals surface area contributed by atoms with Gasteiger partial charge in [0.25, 0.3) is 0 Å². The number of carbonyl (C=O) groups excluding carboxylic acids is 1. The molecule has 0 spiro atoms. The van der Waals surface area contributed by atoms with Crippen LogP contribution in [0.3, 0.4) is 0 Å². The third kappa shape index (κ3) is 3.66. The van der Waals surface area contributed by atoms with Gasteiger partial charge in [-0.15, -0.1) is 0 Å². The summed E-state index contributed by atoms with van der Waals surface area (Å²) in [6.07, 6.45) is 0.810. The molecule has 1 aromatic heterocycles. The van der Waals surface area contributed by atoms with Gasteiger partial charge in [-0.05, 0) is 24.5 Å². The summed E-state index contributed by atoms with van der Waals surface area (Å²) in [4.78, 5) is 26.6. The normalized spacial score (nSPS) is 10.4. The van der Waals surface area contributed by atoms with E-state index in [2.05, 4.69) is 29.4 Å². The Hall–Kier alpha value is -2.21. The summed E-state index contributed by atoms with van der Waals surface area (Å²) < 4.78 is 0. The zero-order valence-electron chi connectivity index (χ0n) is 11.8. The predicted molar refractivity (Wildman–Crippen MR) is 82.5 cm³/mol. The Labute approximate surface area is 126 Å². The number of carboxylic acids is 1. The first-order valence-electron chi connectivity index (χ1n) is 6.52. The van der Waals surface area contributed by atoms with Crippen molar-refractivity contribution < 1.29 is 14.7 Å². The van der Waals surface area contributed by atoms with Gasteiger partial charge in [-0.25, -0.2) is 9.78 Å². The molecule has 1 heterocycles. The molecule has 0 amide bonds. The van der Waals surface area contributed by atoms with Crippen molar-refractivity contribution in [1.82, 2.24) is 4.98 Å². The third-order valence-electron chi connectivity index (χ3n) is 3.08. The number of Topliss-reactive ketones (excluding diaryl/α,β-unsaturated/α-hetero) is 1. The van der Waals surface area contributed by atoms with Crippen LogP contribution in [0, 0.1) is 6.92 Å². The van der Waals surface area contributed by atoms with E-state index in [0.29, 0.717) is 11.7 Å². The van der Waals surface area contributed by atoms with E-state index in [1.165, 1.54) is 18.1 Å². The highest BCUT2D eigenvalue weighted by Crippen LogP contribution is 2.23. The fourth-order valence-electron chi connectivity index (χ4n) is 1.97. The van der Waals surface area contributed by atoms with Crippen LogP contribution in [0.2, 0.25) is 0 Å². The van der Waals surface area contributed by atoms with E-state index in [0.717, 1.165) is 17.8 Å². The predicted octanol–water partition coefficient (Wildman–Crippen LogP) is 3.01. The molecule has 0 fully saturated rings. The van der Waals surface area contributed by atoms with Crippen molar-refractivity contribution >= 4 is 28.2 Å². The van der Waals surface area contributed by atoms with Gasteiger partial charge in [0.2, 0.25) is 0 Å². The molecule has 1 aromatic carbocycles. The van der Waals surface area contributed by atoms with Crippen molar-refractivity contribution in [2.75, 3.05) is 11.9 Å². The number of aryl methyl sites for hydroxylation is 1. The molecule has 0 saturated carbocycles. The lowest BCUT2D eigenvalue weighted by atomic mass is 10.1. The molecule has 0 radical (unpaired) electrons. The molecule has 0 atom stereocenters. The number of hydrogen-bond donors (Lipinski definition) is 2. The number of nitrogens with one attached hydrogen (secondary N) is 1. The first-order chi connectivity index (χ1) is 9.99. The fourth-order valence-corrected chi connectivity index (χ4v) is 2.85. The Morgan fingerprint density at radius 3 is 2.62 bits per heavy atom. The zero-order chi connectivity index (χ0) is 15.4. The van der Waals surface area contributed by atoms with Gasteiger partial charge in [-0.2, -0.15) is 0 Å². The number of benzene rings is 1. The minimum Gasteiger partial charge on any atom is -0.476 e. The second-order valence-electron chi connectivity index (χ2n) is 4.66. The number of thiazole rings is 1. The van der Waals surface area contributed by atoms with Crippen molar-refractivity contribution in [2.24, 2.45) is 0 Å². The maximum absolute atomic E-state index is 11.4. The molecule has 6 heteroatoms. The average molecular weight is 304 g/mol. The monoisotopic (exact) mass is 304 g/mol. The number of anilines is 1. The van der Waals surface area contributed by atoms with E-state index in [1.807, 2.05) is 12.1 Å². The van der Waals surface area contributed by atoms with Gasteiger partial charge in [0, 0.05) is 13.5 Å². The summed E-state index contributed by atoms with van der Waals surface area (Å²) in [5, 5.41) is 12.6. The second-order valence-corrected chi connectivity index (χ2v) is 5.66. The lowest BCUT2D eigenvalue weighted by molar-refractivity contribution is 0.0687. The average Bonchev–Trinajstić information content (AvgIpc) is 2.85. The van der Waals surface area contributed by atoms with Crippen molar-refractivity contribution in [3.8, 4) is 0 Å². The van der Waals surface area contributed by atoms with Gasteiger partial charge in [0.15, 0.2) is 16.6 Å².